The van der Waals surface area contributed by atoms with E-state index in [-0.39, 0.29) is 0 Å². The Morgan fingerprint density at radius 3 is 2.38 bits per heavy atom. The first-order valence-corrected chi connectivity index (χ1v) is 8.29. The molecule has 0 amide bonds. The van der Waals surface area contributed by atoms with Crippen molar-refractivity contribution < 1.29 is 0 Å². The van der Waals surface area contributed by atoms with Crippen LogP contribution in [0, 0.1) is 13.8 Å². The molecule has 0 radical (unpaired) electrons. The van der Waals surface area contributed by atoms with Gasteiger partial charge in [-0.15, -0.1) is 0 Å². The molecule has 1 aromatic carbocycles. The molecule has 3 heteroatoms. The number of nitrogens with two attached hydrogens (primary N) is 1. The summed E-state index contributed by atoms with van der Waals surface area (Å²) in [5, 5.41) is 0. The highest BCUT2D eigenvalue weighted by molar-refractivity contribution is 5.78. The summed E-state index contributed by atoms with van der Waals surface area (Å²) in [5.41, 5.74) is 10.8. The zero-order valence-electron chi connectivity index (χ0n) is 13.9. The van der Waals surface area contributed by atoms with E-state index in [0.29, 0.717) is 5.92 Å². The molecule has 0 unspecified atom stereocenters. The van der Waals surface area contributed by atoms with Crippen molar-refractivity contribution in [3.63, 3.8) is 0 Å². The van der Waals surface area contributed by atoms with Gasteiger partial charge in [0, 0.05) is 12.5 Å². The molecule has 0 aliphatic heterocycles. The Morgan fingerprint density at radius 1 is 1.10 bits per heavy atom. The standard InChI is InChI=1S/C18H29N3/c1-5-15(6-2)18-20-16-11-13(3)14(4)12-17(16)21(18)10-8-7-9-19/h11-12,15H,5-10,19H2,1-4H3. The van der Waals surface area contributed by atoms with Crippen LogP contribution in [0.1, 0.15) is 62.4 Å². The molecule has 0 saturated carbocycles. The third-order valence-corrected chi connectivity index (χ3v) is 4.58. The van der Waals surface area contributed by atoms with Gasteiger partial charge in [-0.2, -0.15) is 0 Å². The van der Waals surface area contributed by atoms with Gasteiger partial charge in [-0.1, -0.05) is 13.8 Å². The van der Waals surface area contributed by atoms with E-state index in [0.717, 1.165) is 44.3 Å². The average Bonchev–Trinajstić information content (AvgIpc) is 2.79. The maximum atomic E-state index is 5.65. The summed E-state index contributed by atoms with van der Waals surface area (Å²) < 4.78 is 2.44. The van der Waals surface area contributed by atoms with Crippen molar-refractivity contribution in [2.45, 2.75) is 65.8 Å². The van der Waals surface area contributed by atoms with Crippen LogP contribution in [0.5, 0.6) is 0 Å². The van der Waals surface area contributed by atoms with Gasteiger partial charge in [0.15, 0.2) is 0 Å². The summed E-state index contributed by atoms with van der Waals surface area (Å²) in [6.45, 7) is 10.7. The van der Waals surface area contributed by atoms with E-state index in [9.17, 15) is 0 Å². The van der Waals surface area contributed by atoms with E-state index in [1.54, 1.807) is 0 Å². The van der Waals surface area contributed by atoms with Gasteiger partial charge < -0.3 is 10.3 Å². The number of fused-ring (bicyclic) bond motifs is 1. The van der Waals surface area contributed by atoms with Crippen LogP contribution in [0.25, 0.3) is 11.0 Å². The predicted molar refractivity (Wildman–Crippen MR) is 90.8 cm³/mol. The van der Waals surface area contributed by atoms with Gasteiger partial charge in [0.2, 0.25) is 0 Å². The van der Waals surface area contributed by atoms with Crippen LogP contribution < -0.4 is 5.73 Å². The highest BCUT2D eigenvalue weighted by Crippen LogP contribution is 2.28. The first-order valence-electron chi connectivity index (χ1n) is 8.29. The Morgan fingerprint density at radius 2 is 1.76 bits per heavy atom. The Bertz CT molecular complexity index is 594. The Kier molecular flexibility index (Phi) is 5.40. The van der Waals surface area contributed by atoms with Crippen LogP contribution in [0.3, 0.4) is 0 Å². The summed E-state index contributed by atoms with van der Waals surface area (Å²) in [6, 6.07) is 4.53. The van der Waals surface area contributed by atoms with Crippen LogP contribution in [-0.4, -0.2) is 16.1 Å². The zero-order valence-corrected chi connectivity index (χ0v) is 13.9. The second kappa shape index (κ2) is 7.08. The molecule has 2 N–H and O–H groups in total. The molecule has 2 rings (SSSR count). The smallest absolute Gasteiger partial charge is 0.112 e. The summed E-state index contributed by atoms with van der Waals surface area (Å²) in [5.74, 6) is 1.81. The molecular weight excluding hydrogens is 258 g/mol. The lowest BCUT2D eigenvalue weighted by atomic mass is 10.0. The van der Waals surface area contributed by atoms with Crippen molar-refractivity contribution in [1.82, 2.24) is 9.55 Å². The number of hydrogen-bond acceptors (Lipinski definition) is 2. The Hall–Kier alpha value is -1.35. The summed E-state index contributed by atoms with van der Waals surface area (Å²) in [6.07, 6.45) is 4.50. The quantitative estimate of drug-likeness (QED) is 0.772. The predicted octanol–water partition coefficient (Wildman–Crippen LogP) is 4.30. The number of nitrogens with zero attached hydrogens (tertiary/aromatic N) is 2. The minimum Gasteiger partial charge on any atom is -0.330 e. The monoisotopic (exact) mass is 287 g/mol. The van der Waals surface area contributed by atoms with Crippen molar-refractivity contribution in [3.8, 4) is 0 Å². The van der Waals surface area contributed by atoms with Crippen molar-refractivity contribution in [2.24, 2.45) is 5.73 Å². The van der Waals surface area contributed by atoms with Gasteiger partial charge in [0.05, 0.1) is 11.0 Å². The molecule has 116 valence electrons. The lowest BCUT2D eigenvalue weighted by molar-refractivity contribution is 0.535. The first-order chi connectivity index (χ1) is 10.1. The van der Waals surface area contributed by atoms with Crippen LogP contribution in [-0.2, 0) is 6.54 Å². The number of rotatable bonds is 7. The van der Waals surface area contributed by atoms with Crippen LogP contribution in [0.2, 0.25) is 0 Å². The largest absolute Gasteiger partial charge is 0.330 e. The van der Waals surface area contributed by atoms with Crippen molar-refractivity contribution in [3.05, 3.63) is 29.1 Å². The van der Waals surface area contributed by atoms with Crippen LogP contribution in [0.4, 0.5) is 0 Å². The summed E-state index contributed by atoms with van der Waals surface area (Å²) in [7, 11) is 0. The molecule has 0 bridgehead atoms. The summed E-state index contributed by atoms with van der Waals surface area (Å²) in [4.78, 5) is 4.97. The molecule has 2 aromatic rings. The van der Waals surface area contributed by atoms with Gasteiger partial charge in [-0.25, -0.2) is 4.98 Å². The highest BCUT2D eigenvalue weighted by Gasteiger charge is 2.18. The number of unbranched alkanes of at least 4 members (excludes halogenated alkanes) is 1. The molecule has 21 heavy (non-hydrogen) atoms. The van der Waals surface area contributed by atoms with E-state index in [1.165, 1.54) is 22.5 Å². The lowest BCUT2D eigenvalue weighted by Gasteiger charge is -2.15. The van der Waals surface area contributed by atoms with E-state index in [4.69, 9.17) is 10.7 Å². The van der Waals surface area contributed by atoms with Gasteiger partial charge >= 0.3 is 0 Å². The third-order valence-electron chi connectivity index (χ3n) is 4.58. The fraction of sp³-hybridized carbons (Fsp3) is 0.611. The van der Waals surface area contributed by atoms with Crippen molar-refractivity contribution in [1.29, 1.82) is 0 Å². The maximum Gasteiger partial charge on any atom is 0.112 e. The molecule has 0 spiro atoms. The van der Waals surface area contributed by atoms with Gasteiger partial charge in [0.25, 0.3) is 0 Å². The fourth-order valence-corrected chi connectivity index (χ4v) is 3.01. The molecule has 0 saturated heterocycles. The van der Waals surface area contributed by atoms with E-state index < -0.39 is 0 Å². The third kappa shape index (κ3) is 3.29. The van der Waals surface area contributed by atoms with Crippen molar-refractivity contribution in [2.75, 3.05) is 6.54 Å². The Balaban J connectivity index is 2.51. The van der Waals surface area contributed by atoms with Gasteiger partial charge in [-0.05, 0) is 69.3 Å². The highest BCUT2D eigenvalue weighted by atomic mass is 15.1. The normalized spacial score (nSPS) is 11.7. The molecule has 0 aliphatic rings. The van der Waals surface area contributed by atoms with E-state index in [2.05, 4.69) is 44.4 Å². The number of aryl methyl sites for hydroxylation is 3. The van der Waals surface area contributed by atoms with Crippen LogP contribution in [0.15, 0.2) is 12.1 Å². The number of aromatic nitrogens is 2. The number of benzene rings is 1. The topological polar surface area (TPSA) is 43.8 Å². The molecule has 3 nitrogen and oxygen atoms in total. The van der Waals surface area contributed by atoms with Gasteiger partial charge in [0.1, 0.15) is 5.82 Å². The number of imidazole rings is 1. The van der Waals surface area contributed by atoms with Gasteiger partial charge in [-0.3, -0.25) is 0 Å². The van der Waals surface area contributed by atoms with E-state index in [1.807, 2.05) is 0 Å². The zero-order chi connectivity index (χ0) is 15.4. The Labute approximate surface area is 128 Å². The maximum absolute atomic E-state index is 5.65. The second-order valence-electron chi connectivity index (χ2n) is 6.06. The molecule has 1 aromatic heterocycles. The minimum atomic E-state index is 0.552. The summed E-state index contributed by atoms with van der Waals surface area (Å²) >= 11 is 0. The average molecular weight is 287 g/mol. The fourth-order valence-electron chi connectivity index (χ4n) is 3.01. The van der Waals surface area contributed by atoms with Crippen LogP contribution >= 0.6 is 0 Å². The van der Waals surface area contributed by atoms with E-state index >= 15 is 0 Å². The second-order valence-corrected chi connectivity index (χ2v) is 6.06. The molecule has 0 aliphatic carbocycles. The first kappa shape index (κ1) is 16.0. The molecule has 0 atom stereocenters. The molecular formula is C18H29N3. The number of hydrogen-bond donors (Lipinski definition) is 1. The van der Waals surface area contributed by atoms with Crippen molar-refractivity contribution >= 4 is 11.0 Å². The minimum absolute atomic E-state index is 0.552. The SMILES string of the molecule is CCC(CC)c1nc2cc(C)c(C)cc2n1CCCCN. The molecule has 0 fully saturated rings. The molecule has 1 heterocycles. The lowest BCUT2D eigenvalue weighted by Crippen LogP contribution is -2.10.